The van der Waals surface area contributed by atoms with Gasteiger partial charge in [-0.3, -0.25) is 0 Å². The summed E-state index contributed by atoms with van der Waals surface area (Å²) < 4.78 is 14.2. The van der Waals surface area contributed by atoms with Gasteiger partial charge in [-0.2, -0.15) is 8.75 Å². The topological polar surface area (TPSA) is 55.2 Å². The van der Waals surface area contributed by atoms with Crippen molar-refractivity contribution in [1.82, 2.24) is 8.75 Å². The maximum Gasteiger partial charge on any atom is 0.103 e. The van der Waals surface area contributed by atoms with Crippen LogP contribution in [0, 0.1) is 5.92 Å². The highest BCUT2D eigenvalue weighted by Crippen LogP contribution is 2.43. The highest BCUT2D eigenvalue weighted by atomic mass is 32.1. The Morgan fingerprint density at radius 2 is 2.22 bits per heavy atom. The van der Waals surface area contributed by atoms with Gasteiger partial charge in [-0.1, -0.05) is 19.3 Å². The highest BCUT2D eigenvalue weighted by Gasteiger charge is 2.41. The van der Waals surface area contributed by atoms with Crippen LogP contribution in [-0.4, -0.2) is 26.1 Å². The molecule has 1 spiro atoms. The Kier molecular flexibility index (Phi) is 3.63. The highest BCUT2D eigenvalue weighted by molar-refractivity contribution is 6.99. The molecule has 2 unspecified atom stereocenters. The standard InChI is InChI=1S/C13H20N2O2S/c16-12(11-9-14-18-15-11)10-4-7-17-13(8-10)5-2-1-3-6-13/h9-10,12,16H,1-8H2. The molecule has 1 saturated heterocycles. The first-order chi connectivity index (χ1) is 8.79. The predicted octanol–water partition coefficient (Wildman–Crippen LogP) is 2.70. The molecule has 0 bridgehead atoms. The van der Waals surface area contributed by atoms with Crippen molar-refractivity contribution in [2.24, 2.45) is 5.92 Å². The molecule has 1 N–H and O–H groups in total. The van der Waals surface area contributed by atoms with E-state index in [2.05, 4.69) is 8.75 Å². The molecule has 1 saturated carbocycles. The van der Waals surface area contributed by atoms with Crippen molar-refractivity contribution in [2.45, 2.75) is 56.7 Å². The van der Waals surface area contributed by atoms with Gasteiger partial charge in [0.1, 0.15) is 11.8 Å². The Morgan fingerprint density at radius 1 is 1.39 bits per heavy atom. The number of hydrogen-bond acceptors (Lipinski definition) is 5. The molecule has 18 heavy (non-hydrogen) atoms. The van der Waals surface area contributed by atoms with Crippen LogP contribution < -0.4 is 0 Å². The fraction of sp³-hybridized carbons (Fsp3) is 0.846. The van der Waals surface area contributed by atoms with E-state index in [0.29, 0.717) is 0 Å². The summed E-state index contributed by atoms with van der Waals surface area (Å²) in [4.78, 5) is 0. The van der Waals surface area contributed by atoms with E-state index in [1.54, 1.807) is 6.20 Å². The lowest BCUT2D eigenvalue weighted by atomic mass is 9.74. The molecule has 3 rings (SSSR count). The average molecular weight is 268 g/mol. The number of aliphatic hydroxyl groups excluding tert-OH is 1. The molecular weight excluding hydrogens is 248 g/mol. The van der Waals surface area contributed by atoms with Gasteiger partial charge in [-0.15, -0.1) is 0 Å². The monoisotopic (exact) mass is 268 g/mol. The molecule has 2 atom stereocenters. The average Bonchev–Trinajstić information content (AvgIpc) is 2.93. The molecule has 2 fully saturated rings. The Labute approximate surface area is 112 Å². The molecule has 2 heterocycles. The second kappa shape index (κ2) is 5.23. The number of hydrogen-bond donors (Lipinski definition) is 1. The van der Waals surface area contributed by atoms with E-state index in [-0.39, 0.29) is 11.5 Å². The van der Waals surface area contributed by atoms with Gasteiger partial charge in [0.25, 0.3) is 0 Å². The summed E-state index contributed by atoms with van der Waals surface area (Å²) >= 11 is 1.17. The number of aliphatic hydroxyl groups is 1. The van der Waals surface area contributed by atoms with Gasteiger partial charge < -0.3 is 9.84 Å². The largest absolute Gasteiger partial charge is 0.386 e. The van der Waals surface area contributed by atoms with E-state index in [9.17, 15) is 5.11 Å². The molecule has 1 aromatic rings. The smallest absolute Gasteiger partial charge is 0.103 e. The van der Waals surface area contributed by atoms with E-state index >= 15 is 0 Å². The Bertz CT molecular complexity index is 371. The maximum absolute atomic E-state index is 10.4. The number of rotatable bonds is 2. The molecule has 100 valence electrons. The molecule has 4 nitrogen and oxygen atoms in total. The maximum atomic E-state index is 10.4. The van der Waals surface area contributed by atoms with Crippen LogP contribution in [-0.2, 0) is 4.74 Å². The zero-order valence-corrected chi connectivity index (χ0v) is 11.4. The van der Waals surface area contributed by atoms with Gasteiger partial charge in [0, 0.05) is 6.61 Å². The first-order valence-corrected chi connectivity index (χ1v) is 7.62. The van der Waals surface area contributed by atoms with Crippen LogP contribution in [0.5, 0.6) is 0 Å². The second-order valence-corrected chi connectivity index (χ2v) is 6.18. The van der Waals surface area contributed by atoms with Gasteiger partial charge in [-0.25, -0.2) is 0 Å². The molecule has 1 aliphatic carbocycles. The zero-order valence-electron chi connectivity index (χ0n) is 10.5. The van der Waals surface area contributed by atoms with Crippen LogP contribution in [0.4, 0.5) is 0 Å². The summed E-state index contributed by atoms with van der Waals surface area (Å²) in [5.41, 5.74) is 0.781. The van der Waals surface area contributed by atoms with Crippen molar-refractivity contribution in [3.8, 4) is 0 Å². The second-order valence-electron chi connectivity index (χ2n) is 5.62. The van der Waals surface area contributed by atoms with Crippen LogP contribution in [0.15, 0.2) is 6.20 Å². The summed E-state index contributed by atoms with van der Waals surface area (Å²) in [7, 11) is 0. The molecule has 5 heteroatoms. The van der Waals surface area contributed by atoms with Crippen molar-refractivity contribution in [3.05, 3.63) is 11.9 Å². The van der Waals surface area contributed by atoms with Crippen molar-refractivity contribution < 1.29 is 9.84 Å². The zero-order chi connectivity index (χ0) is 12.4. The fourth-order valence-electron chi connectivity index (χ4n) is 3.42. The third-order valence-corrected chi connectivity index (χ3v) is 4.92. The van der Waals surface area contributed by atoms with E-state index in [4.69, 9.17) is 4.74 Å². The molecule has 1 aromatic heterocycles. The Balaban J connectivity index is 1.70. The normalized spacial score (nSPS) is 29.3. The van der Waals surface area contributed by atoms with Gasteiger partial charge >= 0.3 is 0 Å². The minimum Gasteiger partial charge on any atom is -0.386 e. The first kappa shape index (κ1) is 12.5. The summed E-state index contributed by atoms with van der Waals surface area (Å²) in [5, 5.41) is 10.4. The van der Waals surface area contributed by atoms with Crippen LogP contribution in [0.3, 0.4) is 0 Å². The van der Waals surface area contributed by atoms with Gasteiger partial charge in [-0.05, 0) is 31.6 Å². The third kappa shape index (κ3) is 2.44. The van der Waals surface area contributed by atoms with E-state index in [1.807, 2.05) is 0 Å². The molecule has 0 aromatic carbocycles. The van der Waals surface area contributed by atoms with Gasteiger partial charge in [0.15, 0.2) is 0 Å². The van der Waals surface area contributed by atoms with Crippen LogP contribution in [0.1, 0.15) is 56.7 Å². The summed E-state index contributed by atoms with van der Waals surface area (Å²) in [6.07, 6.45) is 9.31. The molecular formula is C13H20N2O2S. The van der Waals surface area contributed by atoms with Crippen molar-refractivity contribution in [2.75, 3.05) is 6.61 Å². The minimum absolute atomic E-state index is 0.0472. The van der Waals surface area contributed by atoms with E-state index in [0.717, 1.165) is 38.0 Å². The van der Waals surface area contributed by atoms with E-state index in [1.165, 1.54) is 31.0 Å². The van der Waals surface area contributed by atoms with Crippen LogP contribution >= 0.6 is 11.7 Å². The number of nitrogens with zero attached hydrogens (tertiary/aromatic N) is 2. The quantitative estimate of drug-likeness (QED) is 0.896. The molecule has 1 aliphatic heterocycles. The van der Waals surface area contributed by atoms with Gasteiger partial charge in [0.2, 0.25) is 0 Å². The molecule has 0 radical (unpaired) electrons. The number of ether oxygens (including phenoxy) is 1. The minimum atomic E-state index is -0.466. The van der Waals surface area contributed by atoms with Crippen LogP contribution in [0.2, 0.25) is 0 Å². The van der Waals surface area contributed by atoms with Gasteiger partial charge in [0.05, 0.1) is 23.5 Å². The van der Waals surface area contributed by atoms with Crippen LogP contribution in [0.25, 0.3) is 0 Å². The summed E-state index contributed by atoms with van der Waals surface area (Å²) in [6, 6.07) is 0. The lowest BCUT2D eigenvalue weighted by Crippen LogP contribution is -2.42. The van der Waals surface area contributed by atoms with Crippen molar-refractivity contribution in [1.29, 1.82) is 0 Å². The van der Waals surface area contributed by atoms with E-state index < -0.39 is 6.10 Å². The summed E-state index contributed by atoms with van der Waals surface area (Å²) in [6.45, 7) is 0.777. The Hall–Kier alpha value is -0.520. The fourth-order valence-corrected chi connectivity index (χ4v) is 3.88. The summed E-state index contributed by atoms with van der Waals surface area (Å²) in [5.74, 6) is 0.278. The lowest BCUT2D eigenvalue weighted by Gasteiger charge is -2.44. The first-order valence-electron chi connectivity index (χ1n) is 6.89. The SMILES string of the molecule is OC(c1cnsn1)C1CCOC2(CCCCC2)C1. The predicted molar refractivity (Wildman–Crippen MR) is 69.4 cm³/mol. The third-order valence-electron chi connectivity index (χ3n) is 4.42. The molecule has 0 amide bonds. The number of aromatic nitrogens is 2. The van der Waals surface area contributed by atoms with Crippen molar-refractivity contribution in [3.63, 3.8) is 0 Å². The Morgan fingerprint density at radius 3 is 2.94 bits per heavy atom. The lowest BCUT2D eigenvalue weighted by molar-refractivity contribution is -0.134. The van der Waals surface area contributed by atoms with Crippen molar-refractivity contribution >= 4 is 11.7 Å². The molecule has 2 aliphatic rings.